The molecule has 1 unspecified atom stereocenters. The van der Waals surface area contributed by atoms with E-state index < -0.39 is 0 Å². The first-order valence-electron chi connectivity index (χ1n) is 11.4. The number of aromatic nitrogens is 4. The number of nitrogens with zero attached hydrogens (tertiary/aromatic N) is 5. The van der Waals surface area contributed by atoms with E-state index in [9.17, 15) is 0 Å². The van der Waals surface area contributed by atoms with Crippen molar-refractivity contribution in [1.29, 1.82) is 0 Å². The standard InChI is InChI=1S/C27H23N5O2/c1-3-9-19(10-4-1)26(20-11-5-2-6-12-20)30-24-15-21-22(16-29-24)32(25-13-7-8-14-33-25)31-27(21)23-17-28-18-34-23/h1-6,9-12,15-18,25H,7-8,13-14H2. The van der Waals surface area contributed by atoms with Gasteiger partial charge in [-0.1, -0.05) is 60.7 Å². The molecule has 0 radical (unpaired) electrons. The number of pyridine rings is 1. The van der Waals surface area contributed by atoms with E-state index in [1.54, 1.807) is 6.20 Å². The monoisotopic (exact) mass is 449 g/mol. The molecule has 1 aliphatic rings. The molecule has 34 heavy (non-hydrogen) atoms. The Morgan fingerprint density at radius 2 is 1.71 bits per heavy atom. The molecule has 7 heteroatoms. The van der Waals surface area contributed by atoms with Crippen LogP contribution >= 0.6 is 0 Å². The van der Waals surface area contributed by atoms with E-state index in [2.05, 4.69) is 29.2 Å². The van der Waals surface area contributed by atoms with E-state index in [-0.39, 0.29) is 6.23 Å². The normalized spacial score (nSPS) is 15.9. The molecule has 0 saturated carbocycles. The Kier molecular flexibility index (Phi) is 5.45. The molecule has 0 N–H and O–H groups in total. The van der Waals surface area contributed by atoms with Gasteiger partial charge in [0.25, 0.3) is 0 Å². The average molecular weight is 450 g/mol. The van der Waals surface area contributed by atoms with Crippen LogP contribution in [0.1, 0.15) is 36.6 Å². The first-order chi connectivity index (χ1) is 16.9. The number of benzene rings is 2. The zero-order valence-electron chi connectivity index (χ0n) is 18.5. The van der Waals surface area contributed by atoms with Gasteiger partial charge in [-0.25, -0.2) is 19.6 Å². The van der Waals surface area contributed by atoms with E-state index in [4.69, 9.17) is 24.2 Å². The molecule has 0 spiro atoms. The molecule has 0 amide bonds. The van der Waals surface area contributed by atoms with Gasteiger partial charge in [0.05, 0.1) is 23.6 Å². The fraction of sp³-hybridized carbons (Fsp3) is 0.185. The highest BCUT2D eigenvalue weighted by molar-refractivity contribution is 6.14. The van der Waals surface area contributed by atoms with Crippen LogP contribution in [0.2, 0.25) is 0 Å². The smallest absolute Gasteiger partial charge is 0.181 e. The van der Waals surface area contributed by atoms with Crippen LogP contribution in [-0.4, -0.2) is 32.1 Å². The number of aliphatic imine (C=N–C) groups is 1. The highest BCUT2D eigenvalue weighted by atomic mass is 16.5. The summed E-state index contributed by atoms with van der Waals surface area (Å²) in [7, 11) is 0. The molecule has 1 aliphatic heterocycles. The van der Waals surface area contributed by atoms with Crippen molar-refractivity contribution in [3.63, 3.8) is 0 Å². The lowest BCUT2D eigenvalue weighted by atomic mass is 10.0. The number of fused-ring (bicyclic) bond motifs is 1. The van der Waals surface area contributed by atoms with Gasteiger partial charge < -0.3 is 9.15 Å². The van der Waals surface area contributed by atoms with Crippen molar-refractivity contribution in [2.45, 2.75) is 25.5 Å². The zero-order chi connectivity index (χ0) is 22.7. The first-order valence-corrected chi connectivity index (χ1v) is 11.4. The van der Waals surface area contributed by atoms with Crippen molar-refractivity contribution >= 4 is 22.4 Å². The highest BCUT2D eigenvalue weighted by Gasteiger charge is 2.23. The van der Waals surface area contributed by atoms with Crippen molar-refractivity contribution in [2.24, 2.45) is 4.99 Å². The minimum atomic E-state index is -0.117. The molecule has 1 fully saturated rings. The Morgan fingerprint density at radius 3 is 2.35 bits per heavy atom. The predicted molar refractivity (Wildman–Crippen MR) is 130 cm³/mol. The topological polar surface area (TPSA) is 78.3 Å². The van der Waals surface area contributed by atoms with Crippen LogP contribution in [0.3, 0.4) is 0 Å². The third kappa shape index (κ3) is 3.91. The summed E-state index contributed by atoms with van der Waals surface area (Å²) in [5.74, 6) is 1.20. The van der Waals surface area contributed by atoms with Crippen LogP contribution in [0.15, 0.2) is 94.9 Å². The van der Waals surface area contributed by atoms with E-state index >= 15 is 0 Å². The number of rotatable bonds is 5. The molecule has 4 heterocycles. The Bertz CT molecular complexity index is 1380. The second kappa shape index (κ2) is 9.03. The van der Waals surface area contributed by atoms with Gasteiger partial charge in [0.1, 0.15) is 5.69 Å². The third-order valence-electron chi connectivity index (χ3n) is 5.99. The number of ether oxygens (including phenoxy) is 1. The minimum Gasteiger partial charge on any atom is -0.442 e. The molecule has 1 atom stereocenters. The van der Waals surface area contributed by atoms with Crippen molar-refractivity contribution in [3.05, 3.63) is 96.6 Å². The zero-order valence-corrected chi connectivity index (χ0v) is 18.5. The van der Waals surface area contributed by atoms with Gasteiger partial charge in [0, 0.05) is 23.1 Å². The van der Waals surface area contributed by atoms with Gasteiger partial charge in [-0.05, 0) is 25.3 Å². The number of hydrogen-bond donors (Lipinski definition) is 0. The van der Waals surface area contributed by atoms with Crippen LogP contribution in [0.5, 0.6) is 0 Å². The lowest BCUT2D eigenvalue weighted by Crippen LogP contribution is -2.19. The Morgan fingerprint density at radius 1 is 0.941 bits per heavy atom. The van der Waals surface area contributed by atoms with Crippen molar-refractivity contribution < 1.29 is 9.15 Å². The maximum absolute atomic E-state index is 6.01. The molecular weight excluding hydrogens is 426 g/mol. The van der Waals surface area contributed by atoms with Crippen LogP contribution in [-0.2, 0) is 4.74 Å². The predicted octanol–water partition coefficient (Wildman–Crippen LogP) is 5.95. The van der Waals surface area contributed by atoms with Gasteiger partial charge in [-0.2, -0.15) is 5.10 Å². The van der Waals surface area contributed by atoms with Crippen LogP contribution in [0.4, 0.5) is 5.82 Å². The largest absolute Gasteiger partial charge is 0.442 e. The second-order valence-corrected chi connectivity index (χ2v) is 8.23. The first kappa shape index (κ1) is 20.5. The Labute approximate surface area is 196 Å². The average Bonchev–Trinajstić information content (AvgIpc) is 3.57. The van der Waals surface area contributed by atoms with Crippen molar-refractivity contribution in [1.82, 2.24) is 19.7 Å². The quantitative estimate of drug-likeness (QED) is 0.310. The molecule has 6 rings (SSSR count). The van der Waals surface area contributed by atoms with E-state index in [1.807, 2.05) is 53.3 Å². The molecule has 0 bridgehead atoms. The summed E-state index contributed by atoms with van der Waals surface area (Å²) in [6.45, 7) is 0.733. The molecule has 168 valence electrons. The molecule has 3 aromatic heterocycles. The number of oxazole rings is 1. The lowest BCUT2D eigenvalue weighted by molar-refractivity contribution is -0.0365. The fourth-order valence-electron chi connectivity index (χ4n) is 4.34. The summed E-state index contributed by atoms with van der Waals surface area (Å²) < 4.78 is 13.5. The van der Waals surface area contributed by atoms with Crippen LogP contribution in [0.25, 0.3) is 22.4 Å². The van der Waals surface area contributed by atoms with Crippen LogP contribution < -0.4 is 0 Å². The van der Waals surface area contributed by atoms with E-state index in [0.717, 1.165) is 53.6 Å². The summed E-state index contributed by atoms with van der Waals surface area (Å²) in [6, 6.07) is 22.3. The maximum Gasteiger partial charge on any atom is 0.181 e. The van der Waals surface area contributed by atoms with Gasteiger partial charge >= 0.3 is 0 Å². The summed E-state index contributed by atoms with van der Waals surface area (Å²) in [4.78, 5) is 13.8. The lowest BCUT2D eigenvalue weighted by Gasteiger charge is -2.23. The molecular formula is C27H23N5O2. The minimum absolute atomic E-state index is 0.117. The van der Waals surface area contributed by atoms with Gasteiger partial charge in [-0.3, -0.25) is 0 Å². The molecule has 5 aromatic rings. The summed E-state index contributed by atoms with van der Waals surface area (Å²) in [5, 5.41) is 5.76. The van der Waals surface area contributed by atoms with Crippen molar-refractivity contribution in [2.75, 3.05) is 6.61 Å². The maximum atomic E-state index is 6.01. The van der Waals surface area contributed by atoms with Crippen LogP contribution in [0, 0.1) is 0 Å². The van der Waals surface area contributed by atoms with Crippen molar-refractivity contribution in [3.8, 4) is 11.5 Å². The van der Waals surface area contributed by atoms with Gasteiger partial charge in [0.15, 0.2) is 24.2 Å². The van der Waals surface area contributed by atoms with Gasteiger partial charge in [0.2, 0.25) is 0 Å². The Hall–Kier alpha value is -4.10. The molecule has 2 aromatic carbocycles. The third-order valence-corrected chi connectivity index (χ3v) is 5.99. The summed E-state index contributed by atoms with van der Waals surface area (Å²) in [6.07, 6.45) is 7.90. The SMILES string of the molecule is c1ccc(C(=Nc2cc3c(-c4cnco4)nn(C4CCCCO4)c3cn2)c2ccccc2)cc1. The van der Waals surface area contributed by atoms with E-state index in [0.29, 0.717) is 17.3 Å². The van der Waals surface area contributed by atoms with Gasteiger partial charge in [-0.15, -0.1) is 0 Å². The highest BCUT2D eigenvalue weighted by Crippen LogP contribution is 2.34. The van der Waals surface area contributed by atoms with E-state index in [1.165, 1.54) is 6.39 Å². The second-order valence-electron chi connectivity index (χ2n) is 8.23. The summed E-state index contributed by atoms with van der Waals surface area (Å²) >= 11 is 0. The number of hydrogen-bond acceptors (Lipinski definition) is 6. The fourth-order valence-corrected chi connectivity index (χ4v) is 4.34. The Balaban J connectivity index is 1.51. The molecule has 7 nitrogen and oxygen atoms in total. The molecule has 1 saturated heterocycles. The summed E-state index contributed by atoms with van der Waals surface area (Å²) in [5.41, 5.74) is 4.51. The molecule has 0 aliphatic carbocycles.